The Morgan fingerprint density at radius 1 is 1.08 bits per heavy atom. The summed E-state index contributed by atoms with van der Waals surface area (Å²) in [5, 5.41) is 0. The van der Waals surface area contributed by atoms with Crippen LogP contribution in [-0.4, -0.2) is 18.4 Å². The molecule has 0 aliphatic heterocycles. The highest BCUT2D eigenvalue weighted by molar-refractivity contribution is 14.1. The lowest BCUT2D eigenvalue weighted by molar-refractivity contribution is -0.137. The number of hydrogen-bond acceptors (Lipinski definition) is 2. The average Bonchev–Trinajstić information content (AvgIpc) is 2.54. The third-order valence-electron chi connectivity index (χ3n) is 3.05. The predicted molar refractivity (Wildman–Crippen MR) is 93.1 cm³/mol. The van der Waals surface area contributed by atoms with Gasteiger partial charge in [-0.2, -0.15) is 18.2 Å². The summed E-state index contributed by atoms with van der Waals surface area (Å²) in [5.74, 6) is -0.990. The van der Waals surface area contributed by atoms with E-state index in [1.165, 1.54) is 12.1 Å². The van der Waals surface area contributed by atoms with Crippen molar-refractivity contribution in [1.82, 2.24) is 0 Å². The summed E-state index contributed by atoms with van der Waals surface area (Å²) in [5.41, 5.74) is -0.969. The van der Waals surface area contributed by atoms with Gasteiger partial charge in [-0.25, -0.2) is 0 Å². The van der Waals surface area contributed by atoms with Crippen LogP contribution in [-0.2, 0) is 10.9 Å². The molecule has 1 amide bonds. The number of rotatable bonds is 3. The molecule has 0 saturated heterocycles. The number of amides is 1. The fourth-order valence-corrected chi connectivity index (χ4v) is 2.63. The molecule has 0 aliphatic carbocycles. The molecular weight excluding hydrogens is 434 g/mol. The Hall–Kier alpha value is -1.90. The molecule has 7 heteroatoms. The first-order valence-electron chi connectivity index (χ1n) is 7.01. The predicted octanol–water partition coefficient (Wildman–Crippen LogP) is 4.93. The van der Waals surface area contributed by atoms with Gasteiger partial charge in [-0.15, -0.1) is 0 Å². The number of halogens is 4. The quantitative estimate of drug-likeness (QED) is 0.380. The Morgan fingerprint density at radius 3 is 2.25 bits per heavy atom. The topological polar surface area (TPSA) is 38.7 Å². The fourth-order valence-electron chi connectivity index (χ4n) is 2.01. The van der Waals surface area contributed by atoms with Crippen LogP contribution in [0.2, 0.25) is 0 Å². The van der Waals surface area contributed by atoms with Crippen molar-refractivity contribution >= 4 is 34.4 Å². The van der Waals surface area contributed by atoms with Gasteiger partial charge in [-0.1, -0.05) is 24.3 Å². The molecule has 0 radical (unpaired) electrons. The van der Waals surface area contributed by atoms with E-state index in [1.807, 2.05) is 22.6 Å². The summed E-state index contributed by atoms with van der Waals surface area (Å²) in [6, 6.07) is 11.6. The van der Waals surface area contributed by atoms with Gasteiger partial charge in [-0.05, 0) is 53.8 Å². The Labute approximate surface area is 150 Å². The van der Waals surface area contributed by atoms with E-state index in [2.05, 4.69) is 4.99 Å². The SMILES string of the molecule is CCOC(=NC(=O)c1ccccc1C(F)(F)F)c1ccccc1I. The van der Waals surface area contributed by atoms with Gasteiger partial charge < -0.3 is 4.74 Å². The second-order valence-electron chi connectivity index (χ2n) is 4.68. The van der Waals surface area contributed by atoms with Gasteiger partial charge in [0.25, 0.3) is 5.91 Å². The van der Waals surface area contributed by atoms with Crippen LogP contribution < -0.4 is 0 Å². The summed E-state index contributed by atoms with van der Waals surface area (Å²) in [6.07, 6.45) is -4.63. The highest BCUT2D eigenvalue weighted by Crippen LogP contribution is 2.32. The molecule has 0 N–H and O–H groups in total. The molecule has 3 nitrogen and oxygen atoms in total. The average molecular weight is 447 g/mol. The molecule has 0 spiro atoms. The summed E-state index contributed by atoms with van der Waals surface area (Å²) in [6.45, 7) is 1.94. The largest absolute Gasteiger partial charge is 0.477 e. The van der Waals surface area contributed by atoms with E-state index in [1.54, 1.807) is 31.2 Å². The zero-order valence-electron chi connectivity index (χ0n) is 12.6. The molecule has 0 atom stereocenters. The Balaban J connectivity index is 2.48. The molecule has 0 aliphatic rings. The van der Waals surface area contributed by atoms with Crippen LogP contribution in [0, 0.1) is 3.57 Å². The Bertz CT molecular complexity index is 772. The molecule has 24 heavy (non-hydrogen) atoms. The van der Waals surface area contributed by atoms with Gasteiger partial charge >= 0.3 is 6.18 Å². The van der Waals surface area contributed by atoms with Gasteiger partial charge in [0.2, 0.25) is 5.90 Å². The normalized spacial score (nSPS) is 12.1. The highest BCUT2D eigenvalue weighted by atomic mass is 127. The zero-order valence-corrected chi connectivity index (χ0v) is 14.8. The smallest absolute Gasteiger partial charge is 0.417 e. The van der Waals surface area contributed by atoms with Gasteiger partial charge in [0.05, 0.1) is 23.3 Å². The van der Waals surface area contributed by atoms with Crippen LogP contribution >= 0.6 is 22.6 Å². The molecule has 0 heterocycles. The van der Waals surface area contributed by atoms with Gasteiger partial charge in [-0.3, -0.25) is 4.79 Å². The zero-order chi connectivity index (χ0) is 17.7. The number of ether oxygens (including phenoxy) is 1. The lowest BCUT2D eigenvalue weighted by atomic mass is 10.1. The number of nitrogens with zero attached hydrogens (tertiary/aromatic N) is 1. The van der Waals surface area contributed by atoms with Gasteiger partial charge in [0, 0.05) is 3.57 Å². The van der Waals surface area contributed by atoms with Gasteiger partial charge in [0.15, 0.2) is 0 Å². The lowest BCUT2D eigenvalue weighted by Gasteiger charge is -2.12. The van der Waals surface area contributed by atoms with E-state index in [-0.39, 0.29) is 12.5 Å². The van der Waals surface area contributed by atoms with Crippen LogP contribution in [0.4, 0.5) is 13.2 Å². The van der Waals surface area contributed by atoms with Crippen molar-refractivity contribution in [3.63, 3.8) is 0 Å². The number of benzene rings is 2. The van der Waals surface area contributed by atoms with Crippen LogP contribution in [0.15, 0.2) is 53.5 Å². The number of hydrogen-bond donors (Lipinski definition) is 0. The number of alkyl halides is 3. The molecule has 2 aromatic rings. The van der Waals surface area contributed by atoms with Crippen molar-refractivity contribution in [3.05, 3.63) is 68.8 Å². The summed E-state index contributed by atoms with van der Waals surface area (Å²) < 4.78 is 45.3. The second kappa shape index (κ2) is 7.78. The van der Waals surface area contributed by atoms with E-state index in [9.17, 15) is 18.0 Å². The van der Waals surface area contributed by atoms with Crippen molar-refractivity contribution < 1.29 is 22.7 Å². The Morgan fingerprint density at radius 2 is 1.67 bits per heavy atom. The molecule has 0 fully saturated rings. The van der Waals surface area contributed by atoms with E-state index >= 15 is 0 Å². The standard InChI is InChI=1S/C17H13F3INO2/c1-2-24-16(12-8-4-6-10-14(12)21)22-15(23)11-7-3-5-9-13(11)17(18,19)20/h3-10H,2H2,1H3. The van der Waals surface area contributed by atoms with Crippen molar-refractivity contribution in [3.8, 4) is 0 Å². The molecule has 126 valence electrons. The molecule has 2 rings (SSSR count). The molecule has 2 aromatic carbocycles. The lowest BCUT2D eigenvalue weighted by Crippen LogP contribution is -2.15. The van der Waals surface area contributed by atoms with E-state index in [4.69, 9.17) is 4.74 Å². The van der Waals surface area contributed by atoms with Gasteiger partial charge in [0.1, 0.15) is 0 Å². The summed E-state index contributed by atoms with van der Waals surface area (Å²) in [7, 11) is 0. The van der Waals surface area contributed by atoms with Crippen molar-refractivity contribution in [2.45, 2.75) is 13.1 Å². The van der Waals surface area contributed by atoms with Crippen LogP contribution in [0.3, 0.4) is 0 Å². The van der Waals surface area contributed by atoms with Crippen molar-refractivity contribution in [2.75, 3.05) is 6.61 Å². The van der Waals surface area contributed by atoms with Crippen LogP contribution in [0.1, 0.15) is 28.4 Å². The van der Waals surface area contributed by atoms with E-state index in [0.717, 1.165) is 15.7 Å². The maximum atomic E-state index is 13.0. The molecule has 0 bridgehead atoms. The fraction of sp³-hybridized carbons (Fsp3) is 0.176. The highest BCUT2D eigenvalue weighted by Gasteiger charge is 2.35. The number of aliphatic imine (C=N–C) groups is 1. The first kappa shape index (κ1) is 18.4. The van der Waals surface area contributed by atoms with E-state index in [0.29, 0.717) is 5.56 Å². The minimum Gasteiger partial charge on any atom is -0.477 e. The second-order valence-corrected chi connectivity index (χ2v) is 5.84. The molecule has 0 aromatic heterocycles. The number of carbonyl (C=O) groups is 1. The first-order valence-corrected chi connectivity index (χ1v) is 8.09. The van der Waals surface area contributed by atoms with Crippen LogP contribution in [0.25, 0.3) is 0 Å². The van der Waals surface area contributed by atoms with Crippen molar-refractivity contribution in [1.29, 1.82) is 0 Å². The Kier molecular flexibility index (Phi) is 5.98. The molecular formula is C17H13F3INO2. The first-order chi connectivity index (χ1) is 11.3. The molecule has 0 unspecified atom stereocenters. The third-order valence-corrected chi connectivity index (χ3v) is 3.99. The minimum absolute atomic E-state index is 0.00415. The number of carbonyl (C=O) groups excluding carboxylic acids is 1. The third kappa shape index (κ3) is 4.34. The van der Waals surface area contributed by atoms with Crippen LogP contribution in [0.5, 0.6) is 0 Å². The summed E-state index contributed by atoms with van der Waals surface area (Å²) in [4.78, 5) is 16.1. The maximum absolute atomic E-state index is 13.0. The summed E-state index contributed by atoms with van der Waals surface area (Å²) >= 11 is 2.04. The minimum atomic E-state index is -4.63. The van der Waals surface area contributed by atoms with Crippen molar-refractivity contribution in [2.24, 2.45) is 4.99 Å². The monoisotopic (exact) mass is 447 g/mol. The maximum Gasteiger partial charge on any atom is 0.417 e. The molecule has 0 saturated carbocycles. The van der Waals surface area contributed by atoms with E-state index < -0.39 is 23.2 Å².